The van der Waals surface area contributed by atoms with E-state index in [-0.39, 0.29) is 16.3 Å². The zero-order chi connectivity index (χ0) is 22.5. The third kappa shape index (κ3) is 6.85. The number of anilines is 1. The summed E-state index contributed by atoms with van der Waals surface area (Å²) in [5, 5.41) is 2.54. The van der Waals surface area contributed by atoms with Gasteiger partial charge in [-0.2, -0.15) is 0 Å². The average molecular weight is 453 g/mol. The number of amidine groups is 1. The molecule has 0 unspecified atom stereocenters. The molecule has 1 aliphatic heterocycles. The number of hydrogen-bond donors (Lipinski definition) is 2. The molecule has 0 aromatic heterocycles. The van der Waals surface area contributed by atoms with E-state index in [0.29, 0.717) is 24.4 Å². The van der Waals surface area contributed by atoms with Crippen LogP contribution in [0.15, 0.2) is 64.5 Å². The van der Waals surface area contributed by atoms with Crippen LogP contribution in [-0.2, 0) is 14.8 Å². The molecule has 0 bridgehead atoms. The molecule has 0 saturated heterocycles. The van der Waals surface area contributed by atoms with E-state index in [2.05, 4.69) is 19.8 Å². The van der Waals surface area contributed by atoms with Gasteiger partial charge in [0.05, 0.1) is 4.90 Å². The van der Waals surface area contributed by atoms with Crippen LogP contribution in [0.5, 0.6) is 5.75 Å². The van der Waals surface area contributed by atoms with Crippen LogP contribution in [0.25, 0.3) is 6.08 Å². The van der Waals surface area contributed by atoms with E-state index >= 15 is 0 Å². The van der Waals surface area contributed by atoms with Gasteiger partial charge in [-0.15, -0.1) is 13.2 Å². The lowest BCUT2D eigenvalue weighted by Gasteiger charge is -2.09. The molecule has 7 nitrogen and oxygen atoms in total. The topological polar surface area (TPSA) is 96.9 Å². The number of nitrogens with zero attached hydrogens (tertiary/aromatic N) is 1. The number of aliphatic imine (C=N–C) groups is 1. The molecule has 2 aromatic rings. The number of carbonyl (C=O) groups is 1. The number of benzene rings is 2. The van der Waals surface area contributed by atoms with Crippen LogP contribution >= 0.6 is 0 Å². The fourth-order valence-electron chi connectivity index (χ4n) is 2.71. The van der Waals surface area contributed by atoms with Crippen molar-refractivity contribution in [1.29, 1.82) is 0 Å². The number of ether oxygens (including phenoxy) is 1. The summed E-state index contributed by atoms with van der Waals surface area (Å²) in [6.45, 7) is 0.582. The highest BCUT2D eigenvalue weighted by molar-refractivity contribution is 7.90. The Labute approximate surface area is 176 Å². The Morgan fingerprint density at radius 3 is 2.52 bits per heavy atom. The first kappa shape index (κ1) is 22.3. The Balaban J connectivity index is 1.62. The quantitative estimate of drug-likeness (QED) is 0.652. The Morgan fingerprint density at radius 2 is 1.87 bits per heavy atom. The van der Waals surface area contributed by atoms with Gasteiger partial charge in [-0.3, -0.25) is 14.5 Å². The van der Waals surface area contributed by atoms with E-state index in [1.807, 2.05) is 0 Å². The predicted octanol–water partition coefficient (Wildman–Crippen LogP) is 3.71. The maximum absolute atomic E-state index is 12.5. The van der Waals surface area contributed by atoms with Crippen molar-refractivity contribution < 1.29 is 31.1 Å². The van der Waals surface area contributed by atoms with Crippen LogP contribution < -0.4 is 14.8 Å². The standard InChI is InChI=1S/C20H18F3N3O4S/c21-20(22,23)30-16-9-6-14(7-10-16)8-11-19(27)25-15-3-1-4-17(13-15)31(28,29)26-18-5-2-12-24-18/h1,3-4,6-11,13H,2,5,12H2,(H,24,26)(H,25,27)/b11-8+. The number of sulfonamides is 1. The van der Waals surface area contributed by atoms with Crippen LogP contribution in [0.2, 0.25) is 0 Å². The number of halogens is 3. The van der Waals surface area contributed by atoms with E-state index in [4.69, 9.17) is 0 Å². The van der Waals surface area contributed by atoms with Gasteiger partial charge < -0.3 is 10.1 Å². The molecule has 0 fully saturated rings. The van der Waals surface area contributed by atoms with Crippen molar-refractivity contribution in [2.75, 3.05) is 11.9 Å². The van der Waals surface area contributed by atoms with Crippen LogP contribution in [0.3, 0.4) is 0 Å². The van der Waals surface area contributed by atoms with Crippen molar-refractivity contribution in [2.45, 2.75) is 24.1 Å². The second-order valence-corrected chi connectivity index (χ2v) is 8.19. The fourth-order valence-corrected chi connectivity index (χ4v) is 3.85. The van der Waals surface area contributed by atoms with Crippen molar-refractivity contribution >= 4 is 33.5 Å². The molecular formula is C20H18F3N3O4S. The zero-order valence-corrected chi connectivity index (χ0v) is 16.8. The predicted molar refractivity (Wildman–Crippen MR) is 109 cm³/mol. The zero-order valence-electron chi connectivity index (χ0n) is 16.0. The normalized spacial score (nSPS) is 14.4. The number of hydrogen-bond acceptors (Lipinski definition) is 5. The summed E-state index contributed by atoms with van der Waals surface area (Å²) in [6, 6.07) is 10.7. The van der Waals surface area contributed by atoms with E-state index in [1.54, 1.807) is 0 Å². The van der Waals surface area contributed by atoms with E-state index in [9.17, 15) is 26.4 Å². The summed E-state index contributed by atoms with van der Waals surface area (Å²) >= 11 is 0. The first-order valence-electron chi connectivity index (χ1n) is 9.12. The van der Waals surface area contributed by atoms with Crippen LogP contribution in [0.4, 0.5) is 18.9 Å². The second-order valence-electron chi connectivity index (χ2n) is 6.50. The Bertz CT molecular complexity index is 1110. The van der Waals surface area contributed by atoms with Crippen molar-refractivity contribution in [3.8, 4) is 5.75 Å². The molecule has 31 heavy (non-hydrogen) atoms. The maximum atomic E-state index is 12.5. The van der Waals surface area contributed by atoms with Crippen molar-refractivity contribution in [3.05, 3.63) is 60.2 Å². The molecule has 0 radical (unpaired) electrons. The molecule has 0 atom stereocenters. The minimum atomic E-state index is -4.78. The summed E-state index contributed by atoms with van der Waals surface area (Å²) < 4.78 is 67.6. The average Bonchev–Trinajstić information content (AvgIpc) is 3.19. The molecule has 1 heterocycles. The largest absolute Gasteiger partial charge is 0.573 e. The lowest BCUT2D eigenvalue weighted by molar-refractivity contribution is -0.274. The number of nitrogens with one attached hydrogen (secondary N) is 2. The summed E-state index contributed by atoms with van der Waals surface area (Å²) in [5.74, 6) is -0.508. The van der Waals surface area contributed by atoms with Crippen molar-refractivity contribution in [1.82, 2.24) is 4.72 Å². The maximum Gasteiger partial charge on any atom is 0.573 e. The van der Waals surface area contributed by atoms with E-state index in [0.717, 1.165) is 18.6 Å². The first-order valence-corrected chi connectivity index (χ1v) is 10.6. The van der Waals surface area contributed by atoms with Crippen molar-refractivity contribution in [2.24, 2.45) is 4.99 Å². The van der Waals surface area contributed by atoms with Gasteiger partial charge in [-0.25, -0.2) is 8.42 Å². The van der Waals surface area contributed by atoms with Gasteiger partial charge in [0.1, 0.15) is 11.6 Å². The lowest BCUT2D eigenvalue weighted by atomic mass is 10.2. The lowest BCUT2D eigenvalue weighted by Crippen LogP contribution is -2.29. The van der Waals surface area contributed by atoms with Crippen LogP contribution in [-0.4, -0.2) is 33.1 Å². The molecule has 1 aliphatic rings. The third-order valence-corrected chi connectivity index (χ3v) is 5.46. The minimum Gasteiger partial charge on any atom is -0.406 e. The Hall–Kier alpha value is -3.34. The molecule has 11 heteroatoms. The van der Waals surface area contributed by atoms with Gasteiger partial charge in [-0.05, 0) is 48.4 Å². The molecule has 2 aromatic carbocycles. The van der Waals surface area contributed by atoms with E-state index in [1.165, 1.54) is 48.6 Å². The highest BCUT2D eigenvalue weighted by Crippen LogP contribution is 2.23. The number of carbonyl (C=O) groups excluding carboxylic acids is 1. The molecule has 0 spiro atoms. The third-order valence-electron chi connectivity index (χ3n) is 4.08. The SMILES string of the molecule is O=C(/C=C/c1ccc(OC(F)(F)F)cc1)Nc1cccc(S(=O)(=O)NC2=NCCC2)c1. The first-order chi connectivity index (χ1) is 14.6. The number of alkyl halides is 3. The van der Waals surface area contributed by atoms with E-state index < -0.39 is 22.3 Å². The molecule has 0 aliphatic carbocycles. The monoisotopic (exact) mass is 453 g/mol. The summed E-state index contributed by atoms with van der Waals surface area (Å²) in [4.78, 5) is 16.2. The second kappa shape index (κ2) is 9.21. The van der Waals surface area contributed by atoms with Crippen LogP contribution in [0.1, 0.15) is 18.4 Å². The van der Waals surface area contributed by atoms with Gasteiger partial charge >= 0.3 is 6.36 Å². The fraction of sp³-hybridized carbons (Fsp3) is 0.200. The summed E-state index contributed by atoms with van der Waals surface area (Å²) in [6.07, 6.45) is -0.860. The summed E-state index contributed by atoms with van der Waals surface area (Å²) in [7, 11) is -3.82. The number of rotatable bonds is 6. The Morgan fingerprint density at radius 1 is 1.13 bits per heavy atom. The van der Waals surface area contributed by atoms with Gasteiger partial charge in [0.25, 0.3) is 10.0 Å². The smallest absolute Gasteiger partial charge is 0.406 e. The molecule has 0 saturated carbocycles. The molecule has 2 N–H and O–H groups in total. The minimum absolute atomic E-state index is 0.0240. The summed E-state index contributed by atoms with van der Waals surface area (Å²) in [5.41, 5.74) is 0.738. The van der Waals surface area contributed by atoms with Gasteiger partial charge in [0.15, 0.2) is 0 Å². The number of amides is 1. The molecule has 1 amide bonds. The van der Waals surface area contributed by atoms with Crippen molar-refractivity contribution in [3.63, 3.8) is 0 Å². The van der Waals surface area contributed by atoms with Gasteiger partial charge in [0, 0.05) is 24.7 Å². The molecule has 3 rings (SSSR count). The highest BCUT2D eigenvalue weighted by Gasteiger charge is 2.30. The Kier molecular flexibility index (Phi) is 6.64. The molecule has 164 valence electrons. The highest BCUT2D eigenvalue weighted by atomic mass is 32.2. The van der Waals surface area contributed by atoms with Gasteiger partial charge in [0.2, 0.25) is 5.91 Å². The van der Waals surface area contributed by atoms with Crippen LogP contribution in [0, 0.1) is 0 Å². The molecular weight excluding hydrogens is 435 g/mol. The van der Waals surface area contributed by atoms with Gasteiger partial charge in [-0.1, -0.05) is 18.2 Å².